The van der Waals surface area contributed by atoms with Crippen LogP contribution in [0, 0.1) is 6.92 Å². The molecular weight excluding hydrogens is 293 g/mol. The predicted molar refractivity (Wildman–Crippen MR) is 86.6 cm³/mol. The summed E-state index contributed by atoms with van der Waals surface area (Å²) >= 11 is 12.1. The first-order valence-corrected chi connectivity index (χ1v) is 7.19. The molecule has 2 aromatic rings. The van der Waals surface area contributed by atoms with E-state index in [1.807, 2.05) is 25.1 Å². The molecule has 1 aromatic carbocycles. The number of halogens is 2. The first kappa shape index (κ1) is 14.9. The fourth-order valence-electron chi connectivity index (χ4n) is 2.08. The van der Waals surface area contributed by atoms with Crippen LogP contribution in [-0.2, 0) is 6.54 Å². The number of nitrogens with two attached hydrogens (primary N) is 1. The Bertz CT molecular complexity index is 614. The Kier molecular flexibility index (Phi) is 4.73. The number of benzene rings is 1. The lowest BCUT2D eigenvalue weighted by atomic mass is 10.2. The monoisotopic (exact) mass is 309 g/mol. The van der Waals surface area contributed by atoms with Gasteiger partial charge in [-0.1, -0.05) is 29.3 Å². The molecule has 20 heavy (non-hydrogen) atoms. The average molecular weight is 310 g/mol. The van der Waals surface area contributed by atoms with Crippen molar-refractivity contribution in [3.05, 3.63) is 51.8 Å². The van der Waals surface area contributed by atoms with E-state index in [-0.39, 0.29) is 0 Å². The van der Waals surface area contributed by atoms with Crippen molar-refractivity contribution in [2.24, 2.45) is 0 Å². The highest BCUT2D eigenvalue weighted by Gasteiger charge is 2.12. The van der Waals surface area contributed by atoms with Gasteiger partial charge in [-0.25, -0.2) is 0 Å². The van der Waals surface area contributed by atoms with E-state index < -0.39 is 0 Å². The van der Waals surface area contributed by atoms with Gasteiger partial charge in [-0.3, -0.25) is 4.98 Å². The molecule has 1 aromatic heterocycles. The lowest BCUT2D eigenvalue weighted by molar-refractivity contribution is 0.807. The molecule has 2 N–H and O–H groups in total. The van der Waals surface area contributed by atoms with E-state index in [9.17, 15) is 0 Å². The molecule has 0 radical (unpaired) electrons. The van der Waals surface area contributed by atoms with Crippen molar-refractivity contribution in [2.75, 3.05) is 17.2 Å². The van der Waals surface area contributed by atoms with Crippen LogP contribution in [0.15, 0.2) is 30.3 Å². The fraction of sp³-hybridized carbons (Fsp3) is 0.267. The molecule has 0 spiro atoms. The van der Waals surface area contributed by atoms with Gasteiger partial charge in [0.15, 0.2) is 0 Å². The number of nitrogens with zero attached hydrogens (tertiary/aromatic N) is 2. The van der Waals surface area contributed by atoms with Crippen molar-refractivity contribution in [1.82, 2.24) is 4.98 Å². The standard InChI is InChI=1S/C15H17Cl2N3/c1-3-20(9-11-6-4-5-10(2)19-11)15-8-13(17)12(16)7-14(15)18/h4-8H,3,9,18H2,1-2H3. The smallest absolute Gasteiger partial charge is 0.0619 e. The average Bonchev–Trinajstić information content (AvgIpc) is 2.40. The summed E-state index contributed by atoms with van der Waals surface area (Å²) in [6, 6.07) is 9.48. The van der Waals surface area contributed by atoms with Crippen molar-refractivity contribution < 1.29 is 0 Å². The molecule has 0 amide bonds. The third-order valence-corrected chi connectivity index (χ3v) is 3.81. The van der Waals surface area contributed by atoms with Gasteiger partial charge in [-0.05, 0) is 38.1 Å². The number of pyridine rings is 1. The van der Waals surface area contributed by atoms with Crippen LogP contribution >= 0.6 is 23.2 Å². The predicted octanol–water partition coefficient (Wildman–Crippen LogP) is 4.31. The fourth-order valence-corrected chi connectivity index (χ4v) is 2.41. The first-order chi connectivity index (χ1) is 9.51. The molecule has 0 aliphatic carbocycles. The molecule has 0 fully saturated rings. The van der Waals surface area contributed by atoms with Crippen molar-refractivity contribution in [3.63, 3.8) is 0 Å². The zero-order chi connectivity index (χ0) is 14.7. The number of nitrogen functional groups attached to an aromatic ring is 1. The van der Waals surface area contributed by atoms with E-state index in [1.54, 1.807) is 12.1 Å². The molecule has 3 nitrogen and oxygen atoms in total. The van der Waals surface area contributed by atoms with Crippen LogP contribution in [0.25, 0.3) is 0 Å². The molecule has 0 atom stereocenters. The van der Waals surface area contributed by atoms with Gasteiger partial charge in [0, 0.05) is 12.2 Å². The van der Waals surface area contributed by atoms with Crippen LogP contribution < -0.4 is 10.6 Å². The minimum atomic E-state index is 0.470. The van der Waals surface area contributed by atoms with Crippen LogP contribution in [0.4, 0.5) is 11.4 Å². The third kappa shape index (κ3) is 3.35. The number of hydrogen-bond donors (Lipinski definition) is 1. The van der Waals surface area contributed by atoms with Gasteiger partial charge in [-0.15, -0.1) is 0 Å². The van der Waals surface area contributed by atoms with Crippen LogP contribution in [0.2, 0.25) is 10.0 Å². The van der Waals surface area contributed by atoms with E-state index in [0.717, 1.165) is 23.6 Å². The molecule has 106 valence electrons. The second-order valence-electron chi connectivity index (χ2n) is 4.61. The Morgan fingerprint density at radius 1 is 1.20 bits per heavy atom. The van der Waals surface area contributed by atoms with Crippen molar-refractivity contribution >= 4 is 34.6 Å². The van der Waals surface area contributed by atoms with Gasteiger partial charge >= 0.3 is 0 Å². The largest absolute Gasteiger partial charge is 0.397 e. The Morgan fingerprint density at radius 2 is 1.90 bits per heavy atom. The van der Waals surface area contributed by atoms with Crippen LogP contribution in [0.3, 0.4) is 0 Å². The number of anilines is 2. The molecule has 0 aliphatic rings. The van der Waals surface area contributed by atoms with E-state index in [4.69, 9.17) is 28.9 Å². The molecule has 5 heteroatoms. The molecule has 1 heterocycles. The van der Waals surface area contributed by atoms with Gasteiger partial charge in [0.25, 0.3) is 0 Å². The van der Waals surface area contributed by atoms with Crippen LogP contribution in [-0.4, -0.2) is 11.5 Å². The normalized spacial score (nSPS) is 10.6. The lowest BCUT2D eigenvalue weighted by Gasteiger charge is -2.25. The van der Waals surface area contributed by atoms with E-state index in [0.29, 0.717) is 22.3 Å². The molecular formula is C15H17Cl2N3. The molecule has 0 saturated heterocycles. The molecule has 0 saturated carbocycles. The van der Waals surface area contributed by atoms with Gasteiger partial charge < -0.3 is 10.6 Å². The summed E-state index contributed by atoms with van der Waals surface area (Å²) < 4.78 is 0. The number of rotatable bonds is 4. The summed E-state index contributed by atoms with van der Waals surface area (Å²) in [5, 5.41) is 0.976. The Morgan fingerprint density at radius 3 is 2.55 bits per heavy atom. The Balaban J connectivity index is 2.31. The van der Waals surface area contributed by atoms with E-state index in [1.165, 1.54) is 0 Å². The molecule has 0 unspecified atom stereocenters. The summed E-state index contributed by atoms with van der Waals surface area (Å²) in [7, 11) is 0. The Hall–Kier alpha value is -1.45. The highest BCUT2D eigenvalue weighted by Crippen LogP contribution is 2.33. The minimum Gasteiger partial charge on any atom is -0.397 e. The maximum absolute atomic E-state index is 6.09. The number of hydrogen-bond acceptors (Lipinski definition) is 3. The summed E-state index contributed by atoms with van der Waals surface area (Å²) in [5.41, 5.74) is 9.54. The summed E-state index contributed by atoms with van der Waals surface area (Å²) in [6.07, 6.45) is 0. The van der Waals surface area contributed by atoms with Crippen LogP contribution in [0.1, 0.15) is 18.3 Å². The Labute approximate surface area is 129 Å². The SMILES string of the molecule is CCN(Cc1cccc(C)n1)c1cc(Cl)c(Cl)cc1N. The van der Waals surface area contributed by atoms with Crippen molar-refractivity contribution in [1.29, 1.82) is 0 Å². The van der Waals surface area contributed by atoms with Gasteiger partial charge in [0.2, 0.25) is 0 Å². The van der Waals surface area contributed by atoms with Gasteiger partial charge in [0.05, 0.1) is 33.7 Å². The first-order valence-electron chi connectivity index (χ1n) is 6.43. The summed E-state index contributed by atoms with van der Waals surface area (Å²) in [4.78, 5) is 6.64. The number of aryl methyl sites for hydroxylation is 1. The topological polar surface area (TPSA) is 42.2 Å². The zero-order valence-corrected chi connectivity index (χ0v) is 13.0. The highest BCUT2D eigenvalue weighted by molar-refractivity contribution is 6.42. The molecule has 0 aliphatic heterocycles. The van der Waals surface area contributed by atoms with Gasteiger partial charge in [-0.2, -0.15) is 0 Å². The minimum absolute atomic E-state index is 0.470. The number of aromatic nitrogens is 1. The molecule has 2 rings (SSSR count). The second-order valence-corrected chi connectivity index (χ2v) is 5.42. The van der Waals surface area contributed by atoms with Crippen molar-refractivity contribution in [2.45, 2.75) is 20.4 Å². The lowest BCUT2D eigenvalue weighted by Crippen LogP contribution is -2.23. The van der Waals surface area contributed by atoms with Crippen molar-refractivity contribution in [3.8, 4) is 0 Å². The maximum Gasteiger partial charge on any atom is 0.0619 e. The maximum atomic E-state index is 6.09. The highest BCUT2D eigenvalue weighted by atomic mass is 35.5. The summed E-state index contributed by atoms with van der Waals surface area (Å²) in [5.74, 6) is 0. The zero-order valence-electron chi connectivity index (χ0n) is 11.5. The summed E-state index contributed by atoms with van der Waals surface area (Å²) in [6.45, 7) is 5.53. The van der Waals surface area contributed by atoms with Crippen LogP contribution in [0.5, 0.6) is 0 Å². The second kappa shape index (κ2) is 6.33. The van der Waals surface area contributed by atoms with Gasteiger partial charge in [0.1, 0.15) is 0 Å². The third-order valence-electron chi connectivity index (χ3n) is 3.09. The quantitative estimate of drug-likeness (QED) is 0.856. The van der Waals surface area contributed by atoms with E-state index >= 15 is 0 Å². The van der Waals surface area contributed by atoms with E-state index in [2.05, 4.69) is 16.8 Å². The molecule has 0 bridgehead atoms.